The molecule has 2 amide bonds. The minimum atomic E-state index is -0.729. The number of rotatable bonds is 8. The Morgan fingerprint density at radius 3 is 2.47 bits per heavy atom. The van der Waals surface area contributed by atoms with Crippen molar-refractivity contribution in [1.29, 1.82) is 0 Å². The summed E-state index contributed by atoms with van der Waals surface area (Å²) >= 11 is 12.3. The number of ether oxygens (including phenoxy) is 1. The maximum absolute atomic E-state index is 13.1. The third-order valence-electron chi connectivity index (χ3n) is 5.65. The fourth-order valence-corrected chi connectivity index (χ4v) is 4.21. The van der Waals surface area contributed by atoms with E-state index >= 15 is 0 Å². The van der Waals surface area contributed by atoms with E-state index in [4.69, 9.17) is 27.9 Å². The highest BCUT2D eigenvalue weighted by molar-refractivity contribution is 6.35. The van der Waals surface area contributed by atoms with Gasteiger partial charge in [-0.05, 0) is 61.7 Å². The summed E-state index contributed by atoms with van der Waals surface area (Å²) in [6.45, 7) is 1.52. The molecule has 5 nitrogen and oxygen atoms in total. The van der Waals surface area contributed by atoms with E-state index in [-0.39, 0.29) is 31.0 Å². The summed E-state index contributed by atoms with van der Waals surface area (Å²) in [6, 6.07) is 9.83. The fraction of sp³-hybridized carbons (Fsp3) is 0.417. The van der Waals surface area contributed by atoms with Crippen molar-refractivity contribution in [2.45, 2.75) is 57.7 Å². The Kier molecular flexibility index (Phi) is 8.76. The molecule has 1 aliphatic rings. The highest BCUT2D eigenvalue weighted by Gasteiger charge is 2.29. The van der Waals surface area contributed by atoms with Gasteiger partial charge in [0, 0.05) is 22.6 Å². The molecule has 172 valence electrons. The molecule has 3 rings (SSSR count). The van der Waals surface area contributed by atoms with E-state index in [1.165, 1.54) is 35.6 Å². The predicted octanol–water partition coefficient (Wildman–Crippen LogP) is 5.38. The standard InChI is InChI=1S/C24H27Cl2FN2O3/c1-16(24(31)28-20-5-3-2-4-6-20)29(14-17-7-8-18(25)13-22(17)26)23(30)15-32-21-11-9-19(27)10-12-21/h7-13,16,20H,2-6,14-15H2,1H3,(H,28,31)/t16-/m0/s1. The highest BCUT2D eigenvalue weighted by atomic mass is 35.5. The highest BCUT2D eigenvalue weighted by Crippen LogP contribution is 2.24. The number of amides is 2. The molecule has 0 radical (unpaired) electrons. The van der Waals surface area contributed by atoms with Crippen LogP contribution in [0.15, 0.2) is 42.5 Å². The fourth-order valence-electron chi connectivity index (χ4n) is 3.74. The quantitative estimate of drug-likeness (QED) is 0.551. The molecular formula is C24H27Cl2FN2O3. The SMILES string of the molecule is C[C@@H](C(=O)NC1CCCCC1)N(Cc1ccc(Cl)cc1Cl)C(=O)COc1ccc(F)cc1. The van der Waals surface area contributed by atoms with Gasteiger partial charge in [0.25, 0.3) is 5.91 Å². The monoisotopic (exact) mass is 480 g/mol. The minimum Gasteiger partial charge on any atom is -0.484 e. The van der Waals surface area contributed by atoms with Gasteiger partial charge in [0.1, 0.15) is 17.6 Å². The van der Waals surface area contributed by atoms with Gasteiger partial charge in [0.2, 0.25) is 5.91 Å². The molecule has 1 atom stereocenters. The number of nitrogens with one attached hydrogen (secondary N) is 1. The van der Waals surface area contributed by atoms with Crippen LogP contribution in [-0.2, 0) is 16.1 Å². The summed E-state index contributed by atoms with van der Waals surface area (Å²) in [5.74, 6) is -0.622. The number of hydrogen-bond acceptors (Lipinski definition) is 3. The maximum atomic E-state index is 13.1. The molecule has 0 saturated heterocycles. The van der Waals surface area contributed by atoms with Gasteiger partial charge in [-0.15, -0.1) is 0 Å². The van der Waals surface area contributed by atoms with Crippen LogP contribution in [0.1, 0.15) is 44.6 Å². The molecule has 2 aromatic rings. The molecule has 2 aromatic carbocycles. The summed E-state index contributed by atoms with van der Waals surface area (Å²) in [4.78, 5) is 27.5. The Bertz CT molecular complexity index is 933. The van der Waals surface area contributed by atoms with Gasteiger partial charge in [-0.1, -0.05) is 48.5 Å². The molecule has 1 N–H and O–H groups in total. The lowest BCUT2D eigenvalue weighted by Crippen LogP contribution is -2.51. The van der Waals surface area contributed by atoms with Crippen LogP contribution in [-0.4, -0.2) is 35.4 Å². The van der Waals surface area contributed by atoms with Crippen molar-refractivity contribution in [2.75, 3.05) is 6.61 Å². The maximum Gasteiger partial charge on any atom is 0.261 e. The van der Waals surface area contributed by atoms with Crippen LogP contribution in [0.2, 0.25) is 10.0 Å². The molecule has 32 heavy (non-hydrogen) atoms. The topological polar surface area (TPSA) is 58.6 Å². The van der Waals surface area contributed by atoms with Gasteiger partial charge < -0.3 is 15.0 Å². The zero-order valence-corrected chi connectivity index (χ0v) is 19.5. The second-order valence-electron chi connectivity index (χ2n) is 8.02. The van der Waals surface area contributed by atoms with E-state index in [1.807, 2.05) is 0 Å². The van der Waals surface area contributed by atoms with Crippen molar-refractivity contribution in [3.05, 3.63) is 63.9 Å². The Morgan fingerprint density at radius 2 is 1.81 bits per heavy atom. The van der Waals surface area contributed by atoms with Crippen molar-refractivity contribution in [2.24, 2.45) is 0 Å². The molecular weight excluding hydrogens is 454 g/mol. The Labute approximate surface area is 197 Å². The van der Waals surface area contributed by atoms with Crippen molar-refractivity contribution in [3.63, 3.8) is 0 Å². The molecule has 8 heteroatoms. The second kappa shape index (κ2) is 11.5. The lowest BCUT2D eigenvalue weighted by Gasteiger charge is -2.31. The van der Waals surface area contributed by atoms with Gasteiger partial charge in [0.05, 0.1) is 0 Å². The van der Waals surface area contributed by atoms with E-state index in [2.05, 4.69) is 5.32 Å². The number of nitrogens with zero attached hydrogens (tertiary/aromatic N) is 1. The number of carbonyl (C=O) groups excluding carboxylic acids is 2. The molecule has 0 aliphatic heterocycles. The van der Waals surface area contributed by atoms with Crippen molar-refractivity contribution in [1.82, 2.24) is 10.2 Å². The van der Waals surface area contributed by atoms with Gasteiger partial charge in [0.15, 0.2) is 6.61 Å². The lowest BCUT2D eigenvalue weighted by atomic mass is 9.95. The number of hydrogen-bond donors (Lipinski definition) is 1. The van der Waals surface area contributed by atoms with E-state index in [9.17, 15) is 14.0 Å². The summed E-state index contributed by atoms with van der Waals surface area (Å²) in [6.07, 6.45) is 5.26. The smallest absolute Gasteiger partial charge is 0.261 e. The number of carbonyl (C=O) groups is 2. The molecule has 0 bridgehead atoms. The van der Waals surface area contributed by atoms with E-state index in [0.717, 1.165) is 25.7 Å². The first-order valence-electron chi connectivity index (χ1n) is 10.8. The minimum absolute atomic E-state index is 0.126. The summed E-state index contributed by atoms with van der Waals surface area (Å²) in [5, 5.41) is 3.97. The second-order valence-corrected chi connectivity index (χ2v) is 8.86. The van der Waals surface area contributed by atoms with E-state index in [0.29, 0.717) is 21.4 Å². The van der Waals surface area contributed by atoms with Crippen LogP contribution in [0.4, 0.5) is 4.39 Å². The van der Waals surface area contributed by atoms with Gasteiger partial charge >= 0.3 is 0 Å². The largest absolute Gasteiger partial charge is 0.484 e. The van der Waals surface area contributed by atoms with Crippen molar-refractivity contribution in [3.8, 4) is 5.75 Å². The molecule has 1 saturated carbocycles. The van der Waals surface area contributed by atoms with Crippen LogP contribution in [0.25, 0.3) is 0 Å². The average molecular weight is 481 g/mol. The molecule has 1 fully saturated rings. The third-order valence-corrected chi connectivity index (χ3v) is 6.24. The van der Waals surface area contributed by atoms with Gasteiger partial charge in [-0.3, -0.25) is 9.59 Å². The first-order valence-corrected chi connectivity index (χ1v) is 11.5. The van der Waals surface area contributed by atoms with E-state index in [1.54, 1.807) is 25.1 Å². The molecule has 0 heterocycles. The molecule has 1 aliphatic carbocycles. The number of benzene rings is 2. The zero-order chi connectivity index (χ0) is 23.1. The molecule has 0 aromatic heterocycles. The van der Waals surface area contributed by atoms with Crippen molar-refractivity contribution < 1.29 is 18.7 Å². The first kappa shape index (κ1) is 24.3. The average Bonchev–Trinajstić information content (AvgIpc) is 2.78. The van der Waals surface area contributed by atoms with Gasteiger partial charge in [-0.2, -0.15) is 0 Å². The van der Waals surface area contributed by atoms with Crippen LogP contribution >= 0.6 is 23.2 Å². The third kappa shape index (κ3) is 6.84. The summed E-state index contributed by atoms with van der Waals surface area (Å²) in [5.41, 5.74) is 0.670. The molecule has 0 unspecified atom stereocenters. The molecule has 0 spiro atoms. The van der Waals surface area contributed by atoms with E-state index < -0.39 is 11.9 Å². The Balaban J connectivity index is 1.73. The van der Waals surface area contributed by atoms with Crippen LogP contribution < -0.4 is 10.1 Å². The Hall–Kier alpha value is -2.31. The van der Waals surface area contributed by atoms with Crippen LogP contribution in [0, 0.1) is 5.82 Å². The zero-order valence-electron chi connectivity index (χ0n) is 18.0. The predicted molar refractivity (Wildman–Crippen MR) is 123 cm³/mol. The van der Waals surface area contributed by atoms with Gasteiger partial charge in [-0.25, -0.2) is 4.39 Å². The van der Waals surface area contributed by atoms with Crippen LogP contribution in [0.5, 0.6) is 5.75 Å². The summed E-state index contributed by atoms with van der Waals surface area (Å²) in [7, 11) is 0. The number of halogens is 3. The lowest BCUT2D eigenvalue weighted by molar-refractivity contribution is -0.142. The van der Waals surface area contributed by atoms with Crippen molar-refractivity contribution >= 4 is 35.0 Å². The first-order chi connectivity index (χ1) is 15.3. The normalized spacial score (nSPS) is 15.1. The van der Waals surface area contributed by atoms with Crippen LogP contribution in [0.3, 0.4) is 0 Å². The summed E-state index contributed by atoms with van der Waals surface area (Å²) < 4.78 is 18.6. The Morgan fingerprint density at radius 1 is 1.12 bits per heavy atom.